The number of carbonyl (C=O) groups is 1. The molecule has 0 fully saturated rings. The number of furan rings is 1. The van der Waals surface area contributed by atoms with E-state index >= 15 is 0 Å². The van der Waals surface area contributed by atoms with E-state index in [9.17, 15) is 15.0 Å². The maximum Gasteiger partial charge on any atom is 0.289 e. The topological polar surface area (TPSA) is 91.7 Å². The highest BCUT2D eigenvalue weighted by Crippen LogP contribution is 2.43. The maximum absolute atomic E-state index is 12.8. The van der Waals surface area contributed by atoms with E-state index < -0.39 is 11.9 Å². The molecule has 2 N–H and O–H groups in total. The van der Waals surface area contributed by atoms with Gasteiger partial charge in [-0.2, -0.15) is 0 Å². The van der Waals surface area contributed by atoms with Gasteiger partial charge in [0.2, 0.25) is 0 Å². The first-order chi connectivity index (χ1) is 13.5. The van der Waals surface area contributed by atoms with Gasteiger partial charge in [0.25, 0.3) is 5.91 Å². The lowest BCUT2D eigenvalue weighted by molar-refractivity contribution is -0.129. The largest absolute Gasteiger partial charge is 0.508 e. The summed E-state index contributed by atoms with van der Waals surface area (Å²) in [6, 6.07) is 9.59. The zero-order valence-electron chi connectivity index (χ0n) is 15.4. The molecular formula is C21H21N3O4. The molecule has 7 heteroatoms. The second-order valence-electron chi connectivity index (χ2n) is 6.81. The van der Waals surface area contributed by atoms with Gasteiger partial charge >= 0.3 is 0 Å². The van der Waals surface area contributed by atoms with Crippen molar-refractivity contribution in [1.82, 2.24) is 14.5 Å². The maximum atomic E-state index is 12.8. The fourth-order valence-corrected chi connectivity index (χ4v) is 3.56. The summed E-state index contributed by atoms with van der Waals surface area (Å²) in [5, 5.41) is 20.2. The van der Waals surface area contributed by atoms with Gasteiger partial charge in [-0.25, -0.2) is 4.98 Å². The van der Waals surface area contributed by atoms with Crippen LogP contribution in [0.15, 0.2) is 65.3 Å². The number of aliphatic hydroxyl groups is 1. The van der Waals surface area contributed by atoms with Gasteiger partial charge in [-0.05, 0) is 43.2 Å². The smallest absolute Gasteiger partial charge is 0.289 e. The lowest BCUT2D eigenvalue weighted by Gasteiger charge is -2.25. The molecule has 28 heavy (non-hydrogen) atoms. The number of hydrogen-bond donors (Lipinski definition) is 2. The van der Waals surface area contributed by atoms with Gasteiger partial charge in [-0.3, -0.25) is 4.79 Å². The van der Waals surface area contributed by atoms with Crippen molar-refractivity contribution in [2.45, 2.75) is 25.9 Å². The van der Waals surface area contributed by atoms with Crippen LogP contribution in [-0.2, 0) is 11.3 Å². The van der Waals surface area contributed by atoms with Gasteiger partial charge in [-0.1, -0.05) is 12.1 Å². The normalized spacial score (nSPS) is 17.0. The molecule has 1 aromatic carbocycles. The molecule has 1 aliphatic heterocycles. The van der Waals surface area contributed by atoms with E-state index in [4.69, 9.17) is 4.42 Å². The quantitative estimate of drug-likeness (QED) is 0.685. The number of aliphatic hydroxyl groups excluding tert-OH is 1. The molecule has 0 radical (unpaired) electrons. The van der Waals surface area contributed by atoms with Gasteiger partial charge in [-0.15, -0.1) is 0 Å². The number of hydrogen-bond acceptors (Lipinski definition) is 5. The number of benzene rings is 1. The van der Waals surface area contributed by atoms with Crippen molar-refractivity contribution in [1.29, 1.82) is 0 Å². The summed E-state index contributed by atoms with van der Waals surface area (Å²) >= 11 is 0. The van der Waals surface area contributed by atoms with Gasteiger partial charge in [0.05, 0.1) is 6.33 Å². The number of rotatable bonds is 6. The number of aryl methyl sites for hydroxylation is 2. The molecule has 4 rings (SSSR count). The van der Waals surface area contributed by atoms with Crippen LogP contribution in [-0.4, -0.2) is 37.1 Å². The first-order valence-corrected chi connectivity index (χ1v) is 9.10. The first-order valence-electron chi connectivity index (χ1n) is 9.10. The molecule has 1 aliphatic rings. The Morgan fingerprint density at radius 1 is 1.11 bits per heavy atom. The minimum Gasteiger partial charge on any atom is -0.508 e. The Morgan fingerprint density at radius 2 is 1.89 bits per heavy atom. The van der Waals surface area contributed by atoms with Crippen molar-refractivity contribution in [2.24, 2.45) is 0 Å². The first kappa shape index (κ1) is 17.9. The average Bonchev–Trinajstić information content (AvgIpc) is 3.40. The van der Waals surface area contributed by atoms with E-state index in [1.165, 1.54) is 12.1 Å². The summed E-state index contributed by atoms with van der Waals surface area (Å²) < 4.78 is 7.76. The average molecular weight is 379 g/mol. The van der Waals surface area contributed by atoms with E-state index in [-0.39, 0.29) is 11.5 Å². The lowest BCUT2D eigenvalue weighted by Crippen LogP contribution is -2.31. The van der Waals surface area contributed by atoms with E-state index in [0.29, 0.717) is 36.4 Å². The highest BCUT2D eigenvalue weighted by molar-refractivity contribution is 6.05. The molecule has 0 spiro atoms. The summed E-state index contributed by atoms with van der Waals surface area (Å²) in [4.78, 5) is 18.5. The van der Waals surface area contributed by atoms with Gasteiger partial charge in [0.1, 0.15) is 23.3 Å². The Balaban J connectivity index is 1.66. The monoisotopic (exact) mass is 379 g/mol. The third-order valence-corrected chi connectivity index (χ3v) is 4.89. The number of carbonyl (C=O) groups excluding carboxylic acids is 1. The molecule has 144 valence electrons. The molecular weight excluding hydrogens is 358 g/mol. The van der Waals surface area contributed by atoms with Crippen molar-refractivity contribution in [3.63, 3.8) is 0 Å². The molecule has 3 aromatic rings. The van der Waals surface area contributed by atoms with Crippen molar-refractivity contribution in [2.75, 3.05) is 6.54 Å². The molecule has 1 amide bonds. The number of imidazole rings is 1. The molecule has 1 unspecified atom stereocenters. The number of aromatic nitrogens is 2. The minimum absolute atomic E-state index is 0.121. The molecule has 3 heterocycles. The zero-order chi connectivity index (χ0) is 19.7. The fourth-order valence-electron chi connectivity index (χ4n) is 3.56. The summed E-state index contributed by atoms with van der Waals surface area (Å²) in [6.45, 7) is 3.00. The molecule has 2 aromatic heterocycles. The number of amides is 1. The second kappa shape index (κ2) is 7.26. The van der Waals surface area contributed by atoms with Crippen LogP contribution in [0, 0.1) is 6.92 Å². The summed E-state index contributed by atoms with van der Waals surface area (Å²) in [7, 11) is 0. The molecule has 0 saturated carbocycles. The van der Waals surface area contributed by atoms with Crippen LogP contribution in [0.2, 0.25) is 0 Å². The fraction of sp³-hybridized carbons (Fsp3) is 0.238. The third kappa shape index (κ3) is 3.26. The minimum atomic E-state index is -0.520. The predicted octanol–water partition coefficient (Wildman–Crippen LogP) is 3.43. The summed E-state index contributed by atoms with van der Waals surface area (Å²) in [5.74, 6) is 0.744. The van der Waals surface area contributed by atoms with Gasteiger partial charge in [0, 0.05) is 31.1 Å². The Kier molecular flexibility index (Phi) is 4.65. The van der Waals surface area contributed by atoms with Crippen molar-refractivity contribution in [3.8, 4) is 5.75 Å². The van der Waals surface area contributed by atoms with Crippen molar-refractivity contribution >= 4 is 11.5 Å². The van der Waals surface area contributed by atoms with E-state index in [1.54, 1.807) is 29.6 Å². The van der Waals surface area contributed by atoms with Crippen molar-refractivity contribution < 1.29 is 19.4 Å². The van der Waals surface area contributed by atoms with E-state index in [1.807, 2.05) is 29.8 Å². The Morgan fingerprint density at radius 3 is 2.54 bits per heavy atom. The Bertz CT molecular complexity index is 1000. The SMILES string of the molecule is Cc1ccc(C2C(c3ccc(O)cc3)=C(O)C(=O)N2CCCn2ccnc2)o1. The highest BCUT2D eigenvalue weighted by Gasteiger charge is 2.42. The van der Waals surface area contributed by atoms with Crippen LogP contribution in [0.5, 0.6) is 5.75 Å². The Labute approximate surface area is 162 Å². The Hall–Kier alpha value is -3.48. The lowest BCUT2D eigenvalue weighted by atomic mass is 9.97. The standard InChI is InChI=1S/C21H21N3O4/c1-14-3-8-17(28-14)19-18(15-4-6-16(25)7-5-15)20(26)21(27)24(19)11-2-10-23-12-9-22-13-23/h3-9,12-13,19,25-26H,2,10-11H2,1H3. The third-order valence-electron chi connectivity index (χ3n) is 4.89. The number of nitrogens with zero attached hydrogens (tertiary/aromatic N) is 3. The van der Waals surface area contributed by atoms with Crippen LogP contribution in [0.4, 0.5) is 0 Å². The van der Waals surface area contributed by atoms with Crippen molar-refractivity contribution in [3.05, 3.63) is 78.0 Å². The molecule has 0 bridgehead atoms. The van der Waals surface area contributed by atoms with Crippen LogP contribution in [0.25, 0.3) is 5.57 Å². The second-order valence-corrected chi connectivity index (χ2v) is 6.81. The molecule has 7 nitrogen and oxygen atoms in total. The number of phenols is 1. The predicted molar refractivity (Wildman–Crippen MR) is 102 cm³/mol. The van der Waals surface area contributed by atoms with Crippen LogP contribution < -0.4 is 0 Å². The molecule has 1 atom stereocenters. The van der Waals surface area contributed by atoms with Gasteiger partial charge in [0.15, 0.2) is 5.76 Å². The highest BCUT2D eigenvalue weighted by atomic mass is 16.3. The van der Waals surface area contributed by atoms with E-state index in [2.05, 4.69) is 4.98 Å². The van der Waals surface area contributed by atoms with E-state index in [0.717, 1.165) is 5.76 Å². The summed E-state index contributed by atoms with van der Waals surface area (Å²) in [6.07, 6.45) is 6.02. The van der Waals surface area contributed by atoms with Gasteiger partial charge < -0.3 is 24.1 Å². The van der Waals surface area contributed by atoms with Crippen LogP contribution in [0.1, 0.15) is 29.5 Å². The zero-order valence-corrected chi connectivity index (χ0v) is 15.4. The molecule has 0 aliphatic carbocycles. The van der Waals surface area contributed by atoms with Crippen LogP contribution >= 0.6 is 0 Å². The number of phenolic OH excluding ortho intramolecular Hbond substituents is 1. The molecule has 0 saturated heterocycles. The van der Waals surface area contributed by atoms with Crippen LogP contribution in [0.3, 0.4) is 0 Å². The number of aromatic hydroxyl groups is 1. The summed E-state index contributed by atoms with van der Waals surface area (Å²) in [5.41, 5.74) is 1.15.